The van der Waals surface area contributed by atoms with E-state index in [9.17, 15) is 0 Å². The molecule has 0 saturated carbocycles. The van der Waals surface area contributed by atoms with Crippen molar-refractivity contribution in [1.82, 2.24) is 4.98 Å². The number of ether oxygens (including phenoxy) is 1. The summed E-state index contributed by atoms with van der Waals surface area (Å²) < 4.78 is 4.95. The van der Waals surface area contributed by atoms with Crippen molar-refractivity contribution in [2.45, 2.75) is 6.42 Å². The zero-order valence-electron chi connectivity index (χ0n) is 8.23. The number of nitrogens with zero attached hydrogens (tertiary/aromatic N) is 1. The van der Waals surface area contributed by atoms with Crippen LogP contribution in [-0.2, 0) is 0 Å². The fourth-order valence-electron chi connectivity index (χ4n) is 1.06. The van der Waals surface area contributed by atoms with E-state index >= 15 is 0 Å². The first kappa shape index (κ1) is 10.5. The molecular weight excluding hydrogens is 178 g/mol. The Morgan fingerprint density at radius 3 is 2.93 bits per heavy atom. The van der Waals surface area contributed by atoms with Gasteiger partial charge in [-0.05, 0) is 24.6 Å². The zero-order chi connectivity index (χ0) is 10.4. The molecule has 0 aromatic carbocycles. The van der Waals surface area contributed by atoms with E-state index < -0.39 is 0 Å². The molecule has 0 radical (unpaired) electrons. The normalized spacial score (nSPS) is 10.7. The molecule has 0 amide bonds. The molecule has 0 aliphatic rings. The Morgan fingerprint density at radius 2 is 2.36 bits per heavy atom. The van der Waals surface area contributed by atoms with Crippen molar-refractivity contribution in [3.8, 4) is 5.88 Å². The molecule has 0 aliphatic carbocycles. The number of methoxy groups -OCH3 is 1. The first-order valence-electron chi connectivity index (χ1n) is 4.44. The van der Waals surface area contributed by atoms with Gasteiger partial charge in [-0.25, -0.2) is 4.98 Å². The Kier molecular flexibility index (Phi) is 3.94. The van der Waals surface area contributed by atoms with Gasteiger partial charge in [0.25, 0.3) is 0 Å². The van der Waals surface area contributed by atoms with Crippen molar-refractivity contribution in [2.75, 3.05) is 19.4 Å². The van der Waals surface area contributed by atoms with Crippen molar-refractivity contribution < 1.29 is 4.74 Å². The second kappa shape index (κ2) is 5.24. The van der Waals surface area contributed by atoms with Crippen LogP contribution in [0.15, 0.2) is 18.3 Å². The van der Waals surface area contributed by atoms with E-state index in [1.807, 2.05) is 18.2 Å². The van der Waals surface area contributed by atoms with Gasteiger partial charge in [0.15, 0.2) is 0 Å². The van der Waals surface area contributed by atoms with Gasteiger partial charge in [-0.3, -0.25) is 0 Å². The summed E-state index contributed by atoms with van der Waals surface area (Å²) in [6.07, 6.45) is 6.49. The molecule has 4 heteroatoms. The lowest BCUT2D eigenvalue weighted by atomic mass is 10.2. The Hall–Kier alpha value is -1.55. The average molecular weight is 193 g/mol. The maximum atomic E-state index is 5.69. The van der Waals surface area contributed by atoms with E-state index in [0.29, 0.717) is 18.1 Å². The number of hydrogen-bond donors (Lipinski definition) is 2. The van der Waals surface area contributed by atoms with Crippen molar-refractivity contribution in [1.29, 1.82) is 0 Å². The highest BCUT2D eigenvalue weighted by Gasteiger charge is 1.99. The summed E-state index contributed by atoms with van der Waals surface area (Å²) in [5, 5.41) is 0. The summed E-state index contributed by atoms with van der Waals surface area (Å²) in [6, 6.07) is 1.82. The number of hydrogen-bond acceptors (Lipinski definition) is 4. The smallest absolute Gasteiger partial charge is 0.236 e. The largest absolute Gasteiger partial charge is 0.480 e. The number of rotatable bonds is 4. The van der Waals surface area contributed by atoms with Crippen LogP contribution >= 0.6 is 0 Å². The summed E-state index contributed by atoms with van der Waals surface area (Å²) >= 11 is 0. The van der Waals surface area contributed by atoms with Gasteiger partial charge in [0, 0.05) is 6.20 Å². The fraction of sp³-hybridized carbons (Fsp3) is 0.300. The van der Waals surface area contributed by atoms with Crippen LogP contribution in [0.1, 0.15) is 12.0 Å². The minimum absolute atomic E-state index is 0.459. The van der Waals surface area contributed by atoms with Gasteiger partial charge in [0.2, 0.25) is 5.88 Å². The monoisotopic (exact) mass is 193 g/mol. The Labute approximate surface area is 83.6 Å². The summed E-state index contributed by atoms with van der Waals surface area (Å²) in [6.45, 7) is 0.648. The van der Waals surface area contributed by atoms with Gasteiger partial charge in [0.05, 0.1) is 12.8 Å². The van der Waals surface area contributed by atoms with Gasteiger partial charge in [0.1, 0.15) is 0 Å². The maximum absolute atomic E-state index is 5.69. The standard InChI is InChI=1S/C10H15N3O/c1-14-10-9(12)6-8(7-13-10)4-2-3-5-11/h2,4,6-7H,3,5,11-12H2,1H3. The van der Waals surface area contributed by atoms with E-state index in [0.717, 1.165) is 12.0 Å². The molecule has 14 heavy (non-hydrogen) atoms. The van der Waals surface area contributed by atoms with Crippen LogP contribution in [0.25, 0.3) is 6.08 Å². The lowest BCUT2D eigenvalue weighted by molar-refractivity contribution is 0.400. The van der Waals surface area contributed by atoms with Crippen molar-refractivity contribution in [3.05, 3.63) is 23.9 Å². The van der Waals surface area contributed by atoms with Crippen LogP contribution < -0.4 is 16.2 Å². The molecule has 76 valence electrons. The molecule has 0 fully saturated rings. The van der Waals surface area contributed by atoms with Gasteiger partial charge >= 0.3 is 0 Å². The molecule has 1 aromatic rings. The topological polar surface area (TPSA) is 74.2 Å². The van der Waals surface area contributed by atoms with Crippen LogP contribution in [0.5, 0.6) is 5.88 Å². The van der Waals surface area contributed by atoms with Crippen molar-refractivity contribution >= 4 is 11.8 Å². The maximum Gasteiger partial charge on any atom is 0.236 e. The molecule has 0 atom stereocenters. The summed E-state index contributed by atoms with van der Waals surface area (Å²) in [5.41, 5.74) is 12.5. The molecule has 1 heterocycles. The van der Waals surface area contributed by atoms with Gasteiger partial charge in [-0.15, -0.1) is 0 Å². The van der Waals surface area contributed by atoms with Crippen LogP contribution in [-0.4, -0.2) is 18.6 Å². The highest BCUT2D eigenvalue weighted by Crippen LogP contribution is 2.18. The molecular formula is C10H15N3O. The molecule has 4 nitrogen and oxygen atoms in total. The number of nitrogens with two attached hydrogens (primary N) is 2. The summed E-state index contributed by atoms with van der Waals surface area (Å²) in [7, 11) is 1.54. The van der Waals surface area contributed by atoms with Crippen molar-refractivity contribution in [3.63, 3.8) is 0 Å². The van der Waals surface area contributed by atoms with Crippen molar-refractivity contribution in [2.24, 2.45) is 5.73 Å². The minimum Gasteiger partial charge on any atom is -0.480 e. The van der Waals surface area contributed by atoms with E-state index in [4.69, 9.17) is 16.2 Å². The molecule has 0 unspecified atom stereocenters. The lowest BCUT2D eigenvalue weighted by Gasteiger charge is -2.02. The van der Waals surface area contributed by atoms with E-state index in [2.05, 4.69) is 4.98 Å². The third kappa shape index (κ3) is 2.74. The first-order valence-corrected chi connectivity index (χ1v) is 4.44. The summed E-state index contributed by atoms with van der Waals surface area (Å²) in [4.78, 5) is 4.05. The van der Waals surface area contributed by atoms with Gasteiger partial charge in [-0.1, -0.05) is 12.2 Å². The number of aromatic nitrogens is 1. The number of anilines is 1. The Morgan fingerprint density at radius 1 is 1.57 bits per heavy atom. The molecule has 0 bridgehead atoms. The fourth-order valence-corrected chi connectivity index (χ4v) is 1.06. The molecule has 1 aromatic heterocycles. The quantitative estimate of drug-likeness (QED) is 0.749. The first-order chi connectivity index (χ1) is 6.77. The highest BCUT2D eigenvalue weighted by molar-refractivity contribution is 5.58. The van der Waals surface area contributed by atoms with Gasteiger partial charge in [-0.2, -0.15) is 0 Å². The SMILES string of the molecule is COc1ncc(C=CCCN)cc1N. The molecule has 4 N–H and O–H groups in total. The second-order valence-electron chi connectivity index (χ2n) is 2.85. The Bertz CT molecular complexity index is 323. The molecule has 0 aliphatic heterocycles. The number of pyridine rings is 1. The van der Waals surface area contributed by atoms with Crippen LogP contribution in [0, 0.1) is 0 Å². The van der Waals surface area contributed by atoms with Gasteiger partial charge < -0.3 is 16.2 Å². The molecule has 0 spiro atoms. The highest BCUT2D eigenvalue weighted by atomic mass is 16.5. The van der Waals surface area contributed by atoms with Crippen LogP contribution in [0.4, 0.5) is 5.69 Å². The third-order valence-corrected chi connectivity index (χ3v) is 1.74. The predicted octanol–water partition coefficient (Wildman–Crippen LogP) is 1.03. The second-order valence-corrected chi connectivity index (χ2v) is 2.85. The van der Waals surface area contributed by atoms with E-state index in [1.165, 1.54) is 0 Å². The minimum atomic E-state index is 0.459. The van der Waals surface area contributed by atoms with Crippen LogP contribution in [0.2, 0.25) is 0 Å². The zero-order valence-corrected chi connectivity index (χ0v) is 8.23. The van der Waals surface area contributed by atoms with Crippen LogP contribution in [0.3, 0.4) is 0 Å². The lowest BCUT2D eigenvalue weighted by Crippen LogP contribution is -1.96. The Balaban J connectivity index is 2.76. The summed E-state index contributed by atoms with van der Waals surface area (Å²) in [5.74, 6) is 0.459. The predicted molar refractivity (Wildman–Crippen MR) is 57.9 cm³/mol. The van der Waals surface area contributed by atoms with E-state index in [-0.39, 0.29) is 0 Å². The third-order valence-electron chi connectivity index (χ3n) is 1.74. The van der Waals surface area contributed by atoms with E-state index in [1.54, 1.807) is 13.3 Å². The molecule has 0 saturated heterocycles. The average Bonchev–Trinajstić information content (AvgIpc) is 2.18. The number of nitrogen functional groups attached to an aromatic ring is 1. The molecule has 1 rings (SSSR count).